The zero-order valence-electron chi connectivity index (χ0n) is 5.95. The Morgan fingerprint density at radius 2 is 2.09 bits per heavy atom. The number of ketones is 1. The molecule has 2 rings (SSSR count). The van der Waals surface area contributed by atoms with Crippen molar-refractivity contribution in [3.8, 4) is 0 Å². The molecule has 1 aromatic rings. The average Bonchev–Trinajstić information content (AvgIpc) is 2.30. The quantitative estimate of drug-likeness (QED) is 0.590. The molecular weight excluding hydrogens is 140 g/mol. The van der Waals surface area contributed by atoms with Crippen LogP contribution in [0, 0.1) is 0 Å². The van der Waals surface area contributed by atoms with E-state index in [1.165, 1.54) is 0 Å². The fourth-order valence-electron chi connectivity index (χ4n) is 1.42. The van der Waals surface area contributed by atoms with Crippen molar-refractivity contribution in [3.05, 3.63) is 35.4 Å². The van der Waals surface area contributed by atoms with Crippen molar-refractivity contribution in [3.63, 3.8) is 0 Å². The van der Waals surface area contributed by atoms with E-state index in [1.54, 1.807) is 6.07 Å². The minimum Gasteiger partial charge on any atom is -0.385 e. The Labute approximate surface area is 64.5 Å². The van der Waals surface area contributed by atoms with Crippen LogP contribution in [-0.4, -0.2) is 17.0 Å². The molecule has 1 atom stereocenters. The van der Waals surface area contributed by atoms with Gasteiger partial charge < -0.3 is 5.11 Å². The van der Waals surface area contributed by atoms with Crippen LogP contribution in [-0.2, 0) is 6.42 Å². The van der Waals surface area contributed by atoms with Crippen molar-refractivity contribution in [2.75, 3.05) is 0 Å². The topological polar surface area (TPSA) is 37.3 Å². The Hall–Kier alpha value is -1.15. The lowest BCUT2D eigenvalue weighted by atomic mass is 10.1. The van der Waals surface area contributed by atoms with Crippen LogP contribution in [0.1, 0.15) is 15.9 Å². The molecule has 1 aliphatic rings. The predicted octanol–water partition coefficient (Wildman–Crippen LogP) is 0.786. The van der Waals surface area contributed by atoms with Gasteiger partial charge >= 0.3 is 0 Å². The molecule has 1 aromatic carbocycles. The van der Waals surface area contributed by atoms with Gasteiger partial charge in [-0.15, -0.1) is 0 Å². The number of fused-ring (bicyclic) bond motifs is 1. The molecule has 1 N–H and O–H groups in total. The van der Waals surface area contributed by atoms with Crippen LogP contribution in [0.4, 0.5) is 0 Å². The summed E-state index contributed by atoms with van der Waals surface area (Å²) >= 11 is 0. The molecule has 0 amide bonds. The van der Waals surface area contributed by atoms with E-state index in [2.05, 4.69) is 0 Å². The van der Waals surface area contributed by atoms with Crippen LogP contribution in [0.25, 0.3) is 0 Å². The molecule has 0 aromatic heterocycles. The second-order valence-electron chi connectivity index (χ2n) is 2.74. The normalized spacial score (nSPS) is 21.9. The van der Waals surface area contributed by atoms with Gasteiger partial charge in [-0.1, -0.05) is 24.3 Å². The summed E-state index contributed by atoms with van der Waals surface area (Å²) in [6.07, 6.45) is -0.318. The summed E-state index contributed by atoms with van der Waals surface area (Å²) in [4.78, 5) is 11.1. The summed E-state index contributed by atoms with van der Waals surface area (Å²) in [6, 6.07) is 7.33. The van der Waals surface area contributed by atoms with Gasteiger partial charge in [0.15, 0.2) is 5.78 Å². The van der Waals surface area contributed by atoms with E-state index in [0.29, 0.717) is 12.0 Å². The number of rotatable bonds is 0. The molecule has 0 saturated carbocycles. The van der Waals surface area contributed by atoms with Gasteiger partial charge in [-0.25, -0.2) is 0 Å². The summed E-state index contributed by atoms with van der Waals surface area (Å²) < 4.78 is 0. The van der Waals surface area contributed by atoms with Crippen molar-refractivity contribution >= 4 is 5.78 Å². The van der Waals surface area contributed by atoms with Crippen molar-refractivity contribution in [1.82, 2.24) is 0 Å². The molecule has 0 heterocycles. The van der Waals surface area contributed by atoms with Gasteiger partial charge in [0.05, 0.1) is 0 Å². The van der Waals surface area contributed by atoms with Crippen LogP contribution >= 0.6 is 0 Å². The lowest BCUT2D eigenvalue weighted by Crippen LogP contribution is -2.13. The molecule has 0 aliphatic heterocycles. The summed E-state index contributed by atoms with van der Waals surface area (Å²) in [6.45, 7) is 0. The summed E-state index contributed by atoms with van der Waals surface area (Å²) in [7, 11) is 0. The van der Waals surface area contributed by atoms with Crippen LogP contribution < -0.4 is 0 Å². The summed E-state index contributed by atoms with van der Waals surface area (Å²) in [5.74, 6) is -0.138. The van der Waals surface area contributed by atoms with Crippen molar-refractivity contribution < 1.29 is 9.90 Å². The van der Waals surface area contributed by atoms with Gasteiger partial charge in [-0.2, -0.15) is 0 Å². The Kier molecular flexibility index (Phi) is 1.29. The van der Waals surface area contributed by atoms with Gasteiger partial charge in [0.2, 0.25) is 0 Å². The highest BCUT2D eigenvalue weighted by Crippen LogP contribution is 2.21. The Morgan fingerprint density at radius 3 is 2.82 bits per heavy atom. The molecule has 0 bridgehead atoms. The first-order valence-corrected chi connectivity index (χ1v) is 3.59. The smallest absolute Gasteiger partial charge is 0.191 e. The van der Waals surface area contributed by atoms with Gasteiger partial charge in [-0.05, 0) is 5.56 Å². The van der Waals surface area contributed by atoms with Gasteiger partial charge in [0, 0.05) is 12.0 Å². The molecule has 56 valence electrons. The summed E-state index contributed by atoms with van der Waals surface area (Å²) in [5.41, 5.74) is 1.64. The molecule has 0 radical (unpaired) electrons. The molecule has 0 saturated heterocycles. The highest BCUT2D eigenvalue weighted by molar-refractivity contribution is 6.03. The maximum absolute atomic E-state index is 11.1. The van der Waals surface area contributed by atoms with E-state index in [-0.39, 0.29) is 5.78 Å². The van der Waals surface area contributed by atoms with Crippen LogP contribution in [0.2, 0.25) is 0 Å². The number of carbonyl (C=O) groups excluding carboxylic acids is 1. The molecule has 1 unspecified atom stereocenters. The monoisotopic (exact) mass is 148 g/mol. The van der Waals surface area contributed by atoms with E-state index in [0.717, 1.165) is 5.56 Å². The van der Waals surface area contributed by atoms with Crippen molar-refractivity contribution in [2.24, 2.45) is 0 Å². The Balaban J connectivity index is 2.55. The SMILES string of the molecule is O=C1c2ccccc2CC1O. The van der Waals surface area contributed by atoms with E-state index < -0.39 is 6.10 Å². The molecule has 0 fully saturated rings. The lowest BCUT2D eigenvalue weighted by molar-refractivity contribution is 0.0780. The van der Waals surface area contributed by atoms with E-state index in [1.807, 2.05) is 18.2 Å². The summed E-state index contributed by atoms with van der Waals surface area (Å²) in [5, 5.41) is 9.17. The van der Waals surface area contributed by atoms with Gasteiger partial charge in [0.1, 0.15) is 6.10 Å². The second-order valence-corrected chi connectivity index (χ2v) is 2.74. The maximum Gasteiger partial charge on any atom is 0.191 e. The zero-order valence-corrected chi connectivity index (χ0v) is 5.95. The number of aliphatic hydroxyl groups is 1. The first kappa shape index (κ1) is 6.55. The fraction of sp³-hybridized carbons (Fsp3) is 0.222. The minimum atomic E-state index is -0.799. The van der Waals surface area contributed by atoms with Crippen molar-refractivity contribution in [2.45, 2.75) is 12.5 Å². The zero-order chi connectivity index (χ0) is 7.84. The van der Waals surface area contributed by atoms with Crippen LogP contribution in [0.15, 0.2) is 24.3 Å². The highest BCUT2D eigenvalue weighted by atomic mass is 16.3. The van der Waals surface area contributed by atoms with Crippen molar-refractivity contribution in [1.29, 1.82) is 0 Å². The number of Topliss-reactive ketones (excluding diaryl/α,β-unsaturated/α-hetero) is 1. The van der Waals surface area contributed by atoms with E-state index in [9.17, 15) is 4.79 Å². The number of hydrogen-bond acceptors (Lipinski definition) is 2. The first-order valence-electron chi connectivity index (χ1n) is 3.59. The predicted molar refractivity (Wildman–Crippen MR) is 40.5 cm³/mol. The van der Waals surface area contributed by atoms with Gasteiger partial charge in [-0.3, -0.25) is 4.79 Å². The lowest BCUT2D eigenvalue weighted by Gasteiger charge is -1.93. The van der Waals surface area contributed by atoms with E-state index >= 15 is 0 Å². The largest absolute Gasteiger partial charge is 0.385 e. The minimum absolute atomic E-state index is 0.138. The number of carbonyl (C=O) groups is 1. The van der Waals surface area contributed by atoms with E-state index in [4.69, 9.17) is 5.11 Å². The van der Waals surface area contributed by atoms with Crippen LogP contribution in [0.3, 0.4) is 0 Å². The molecule has 1 aliphatic carbocycles. The third kappa shape index (κ3) is 0.870. The molecule has 2 heteroatoms. The first-order chi connectivity index (χ1) is 5.29. The number of hydrogen-bond donors (Lipinski definition) is 1. The van der Waals surface area contributed by atoms with Crippen LogP contribution in [0.5, 0.6) is 0 Å². The third-order valence-electron chi connectivity index (χ3n) is 2.00. The maximum atomic E-state index is 11.1. The highest BCUT2D eigenvalue weighted by Gasteiger charge is 2.27. The molecule has 2 nitrogen and oxygen atoms in total. The number of benzene rings is 1. The average molecular weight is 148 g/mol. The standard InChI is InChI=1S/C9H8O2/c10-8-5-6-3-1-2-4-7(6)9(8)11/h1-4,8,10H,5H2. The number of aliphatic hydroxyl groups excluding tert-OH is 1. The Morgan fingerprint density at radius 1 is 1.36 bits per heavy atom. The fourth-order valence-corrected chi connectivity index (χ4v) is 1.42. The molecule has 11 heavy (non-hydrogen) atoms. The third-order valence-corrected chi connectivity index (χ3v) is 2.00. The Bertz CT molecular complexity index is 304. The molecule has 0 spiro atoms. The second kappa shape index (κ2) is 2.17. The molecular formula is C9H8O2. The van der Waals surface area contributed by atoms with Gasteiger partial charge in [0.25, 0.3) is 0 Å².